The largest absolute Gasteiger partial charge is 0.444 e. The number of oxazole rings is 1. The van der Waals surface area contributed by atoms with Crippen LogP contribution in [0.4, 0.5) is 0 Å². The monoisotopic (exact) mass is 201 g/mol. The zero-order valence-corrected chi connectivity index (χ0v) is 8.43. The Hall–Kier alpha value is -1.90. The van der Waals surface area contributed by atoms with E-state index in [0.717, 1.165) is 24.0 Å². The van der Waals surface area contributed by atoms with Gasteiger partial charge in [0, 0.05) is 11.1 Å². The first-order valence-corrected chi connectivity index (χ1v) is 4.84. The summed E-state index contributed by atoms with van der Waals surface area (Å²) in [5.74, 6) is 0.509. The second-order valence-corrected chi connectivity index (χ2v) is 3.20. The number of aldehydes is 1. The molecule has 3 nitrogen and oxygen atoms in total. The van der Waals surface area contributed by atoms with E-state index < -0.39 is 0 Å². The van der Waals surface area contributed by atoms with E-state index in [2.05, 4.69) is 4.98 Å². The maximum Gasteiger partial charge on any atom is 0.226 e. The van der Waals surface area contributed by atoms with Gasteiger partial charge in [-0.05, 0) is 12.5 Å². The highest BCUT2D eigenvalue weighted by Crippen LogP contribution is 2.21. The Labute approximate surface area is 87.8 Å². The van der Waals surface area contributed by atoms with Gasteiger partial charge in [0.25, 0.3) is 0 Å². The highest BCUT2D eigenvalue weighted by atomic mass is 16.3. The molecule has 76 valence electrons. The molecule has 0 bridgehead atoms. The lowest BCUT2D eigenvalue weighted by atomic mass is 10.1. The van der Waals surface area contributed by atoms with Gasteiger partial charge in [-0.2, -0.15) is 0 Å². The molecule has 0 saturated carbocycles. The summed E-state index contributed by atoms with van der Waals surface area (Å²) in [7, 11) is 0. The molecule has 1 heterocycles. The first-order valence-electron chi connectivity index (χ1n) is 4.84. The van der Waals surface area contributed by atoms with Gasteiger partial charge in [-0.25, -0.2) is 4.98 Å². The molecule has 0 aliphatic rings. The fourth-order valence-electron chi connectivity index (χ4n) is 1.39. The number of nitrogens with zero attached hydrogens (tertiary/aromatic N) is 1. The summed E-state index contributed by atoms with van der Waals surface area (Å²) in [5, 5.41) is 0. The number of hydrogen-bond donors (Lipinski definition) is 0. The number of aryl methyl sites for hydroxylation is 1. The second-order valence-electron chi connectivity index (χ2n) is 3.20. The molecule has 15 heavy (non-hydrogen) atoms. The van der Waals surface area contributed by atoms with Gasteiger partial charge in [0.05, 0.1) is 5.69 Å². The number of carbonyl (C=O) groups excluding carboxylic acids is 1. The molecule has 0 atom stereocenters. The minimum absolute atomic E-state index is 0.509. The predicted molar refractivity (Wildman–Crippen MR) is 56.7 cm³/mol. The first-order chi connectivity index (χ1) is 7.35. The predicted octanol–water partition coefficient (Wildman–Crippen LogP) is 2.72. The molecule has 0 spiro atoms. The fraction of sp³-hybridized carbons (Fsp3) is 0.167. The van der Waals surface area contributed by atoms with Crippen molar-refractivity contribution in [2.75, 3.05) is 0 Å². The number of carbonyl (C=O) groups is 1. The van der Waals surface area contributed by atoms with Crippen molar-refractivity contribution in [3.8, 4) is 11.5 Å². The smallest absolute Gasteiger partial charge is 0.226 e. The molecule has 1 aromatic carbocycles. The van der Waals surface area contributed by atoms with Gasteiger partial charge >= 0.3 is 0 Å². The molecule has 0 unspecified atom stereocenters. The van der Waals surface area contributed by atoms with Crippen molar-refractivity contribution < 1.29 is 9.21 Å². The van der Waals surface area contributed by atoms with Crippen molar-refractivity contribution in [2.45, 2.75) is 13.3 Å². The molecule has 0 saturated heterocycles. The summed E-state index contributed by atoms with van der Waals surface area (Å²) in [6.07, 6.45) is 3.26. The van der Waals surface area contributed by atoms with E-state index in [4.69, 9.17) is 4.42 Å². The van der Waals surface area contributed by atoms with Crippen LogP contribution in [0, 0.1) is 0 Å². The number of benzene rings is 1. The van der Waals surface area contributed by atoms with Crippen molar-refractivity contribution in [3.05, 3.63) is 41.8 Å². The minimum atomic E-state index is 0.509. The topological polar surface area (TPSA) is 43.1 Å². The zero-order valence-electron chi connectivity index (χ0n) is 8.43. The van der Waals surface area contributed by atoms with Crippen LogP contribution in [0.25, 0.3) is 11.5 Å². The Morgan fingerprint density at radius 3 is 2.87 bits per heavy atom. The Morgan fingerprint density at radius 1 is 1.40 bits per heavy atom. The van der Waals surface area contributed by atoms with E-state index in [1.807, 2.05) is 25.1 Å². The molecule has 1 aromatic heterocycles. The van der Waals surface area contributed by atoms with E-state index in [1.165, 1.54) is 0 Å². The third-order valence-electron chi connectivity index (χ3n) is 2.23. The molecule has 0 aliphatic heterocycles. The lowest BCUT2D eigenvalue weighted by Crippen LogP contribution is -1.87. The van der Waals surface area contributed by atoms with E-state index in [0.29, 0.717) is 11.5 Å². The highest BCUT2D eigenvalue weighted by Gasteiger charge is 2.09. The standard InChI is InChI=1S/C12H11NO2/c1-2-10-8-15-12(13-10)11-6-4-3-5-9(11)7-14/h3-8H,2H2,1H3. The van der Waals surface area contributed by atoms with E-state index in [9.17, 15) is 4.79 Å². The molecule has 2 rings (SSSR count). The van der Waals surface area contributed by atoms with Crippen molar-refractivity contribution in [1.82, 2.24) is 4.98 Å². The number of aromatic nitrogens is 1. The van der Waals surface area contributed by atoms with Gasteiger partial charge in [0.15, 0.2) is 6.29 Å². The Morgan fingerprint density at radius 2 is 2.20 bits per heavy atom. The van der Waals surface area contributed by atoms with Crippen LogP contribution in [0.15, 0.2) is 34.9 Å². The summed E-state index contributed by atoms with van der Waals surface area (Å²) >= 11 is 0. The van der Waals surface area contributed by atoms with E-state index in [-0.39, 0.29) is 0 Å². The number of hydrogen-bond acceptors (Lipinski definition) is 3. The molecule has 3 heteroatoms. The van der Waals surface area contributed by atoms with Crippen LogP contribution in [0.5, 0.6) is 0 Å². The molecule has 0 aliphatic carbocycles. The molecular weight excluding hydrogens is 190 g/mol. The molecular formula is C12H11NO2. The minimum Gasteiger partial charge on any atom is -0.444 e. The fourth-order valence-corrected chi connectivity index (χ4v) is 1.39. The maximum absolute atomic E-state index is 10.8. The number of rotatable bonds is 3. The lowest BCUT2D eigenvalue weighted by molar-refractivity contribution is 0.112. The third kappa shape index (κ3) is 1.81. The Kier molecular flexibility index (Phi) is 2.63. The van der Waals surface area contributed by atoms with Gasteiger partial charge in [-0.15, -0.1) is 0 Å². The van der Waals surface area contributed by atoms with Crippen molar-refractivity contribution in [3.63, 3.8) is 0 Å². The van der Waals surface area contributed by atoms with Crippen molar-refractivity contribution >= 4 is 6.29 Å². The average Bonchev–Trinajstić information content (AvgIpc) is 2.77. The quantitative estimate of drug-likeness (QED) is 0.717. The van der Waals surface area contributed by atoms with E-state index >= 15 is 0 Å². The normalized spacial score (nSPS) is 10.2. The van der Waals surface area contributed by atoms with Crippen LogP contribution in [-0.2, 0) is 6.42 Å². The zero-order chi connectivity index (χ0) is 10.7. The van der Waals surface area contributed by atoms with Crippen LogP contribution >= 0.6 is 0 Å². The van der Waals surface area contributed by atoms with Crippen LogP contribution < -0.4 is 0 Å². The van der Waals surface area contributed by atoms with Crippen LogP contribution in [-0.4, -0.2) is 11.3 Å². The van der Waals surface area contributed by atoms with Crippen LogP contribution in [0.3, 0.4) is 0 Å². The maximum atomic E-state index is 10.8. The second kappa shape index (κ2) is 4.09. The third-order valence-corrected chi connectivity index (χ3v) is 2.23. The van der Waals surface area contributed by atoms with Crippen LogP contribution in [0.1, 0.15) is 23.0 Å². The van der Waals surface area contributed by atoms with Crippen LogP contribution in [0.2, 0.25) is 0 Å². The van der Waals surface area contributed by atoms with Gasteiger partial charge in [-0.3, -0.25) is 4.79 Å². The Bertz CT molecular complexity index is 474. The Balaban J connectivity index is 2.48. The van der Waals surface area contributed by atoms with Gasteiger partial charge in [0.1, 0.15) is 6.26 Å². The first kappa shape index (κ1) is 9.65. The summed E-state index contributed by atoms with van der Waals surface area (Å²) in [5.41, 5.74) is 2.24. The summed E-state index contributed by atoms with van der Waals surface area (Å²) in [6, 6.07) is 7.25. The molecule has 0 fully saturated rings. The summed E-state index contributed by atoms with van der Waals surface area (Å²) in [4.78, 5) is 15.1. The average molecular weight is 201 g/mol. The van der Waals surface area contributed by atoms with Crippen molar-refractivity contribution in [1.29, 1.82) is 0 Å². The SMILES string of the molecule is CCc1coc(-c2ccccc2C=O)n1. The van der Waals surface area contributed by atoms with Gasteiger partial charge in [0.2, 0.25) is 5.89 Å². The summed E-state index contributed by atoms with van der Waals surface area (Å²) < 4.78 is 5.31. The molecule has 2 aromatic rings. The molecule has 0 amide bonds. The lowest BCUT2D eigenvalue weighted by Gasteiger charge is -1.97. The highest BCUT2D eigenvalue weighted by molar-refractivity contribution is 5.85. The molecule has 0 N–H and O–H groups in total. The molecule has 0 radical (unpaired) electrons. The van der Waals surface area contributed by atoms with E-state index in [1.54, 1.807) is 12.3 Å². The van der Waals surface area contributed by atoms with Gasteiger partial charge in [-0.1, -0.05) is 25.1 Å². The van der Waals surface area contributed by atoms with Gasteiger partial charge < -0.3 is 4.42 Å². The van der Waals surface area contributed by atoms with Crippen molar-refractivity contribution in [2.24, 2.45) is 0 Å². The summed E-state index contributed by atoms with van der Waals surface area (Å²) in [6.45, 7) is 2.01.